The van der Waals surface area contributed by atoms with Crippen molar-refractivity contribution in [2.45, 2.75) is 251 Å². The van der Waals surface area contributed by atoms with Crippen LogP contribution in [0.2, 0.25) is 0 Å². The van der Waals surface area contributed by atoms with E-state index in [1.807, 2.05) is 6.08 Å². The van der Waals surface area contributed by atoms with Gasteiger partial charge in [-0.05, 0) is 57.8 Å². The summed E-state index contributed by atoms with van der Waals surface area (Å²) in [4.78, 5) is 24.3. The number of hydrogen-bond donors (Lipinski definition) is 3. The van der Waals surface area contributed by atoms with Crippen molar-refractivity contribution in [1.82, 2.24) is 5.32 Å². The zero-order valence-electron chi connectivity index (χ0n) is 35.2. The summed E-state index contributed by atoms with van der Waals surface area (Å²) in [5.41, 5.74) is 0. The first-order valence-corrected chi connectivity index (χ1v) is 23.1. The van der Waals surface area contributed by atoms with Crippen molar-refractivity contribution in [2.75, 3.05) is 13.2 Å². The third-order valence-corrected chi connectivity index (χ3v) is 10.5. The molecular formula is C47H89NO5. The van der Waals surface area contributed by atoms with Gasteiger partial charge >= 0.3 is 5.97 Å². The van der Waals surface area contributed by atoms with E-state index in [1.54, 1.807) is 6.08 Å². The summed E-state index contributed by atoms with van der Waals surface area (Å²) in [6, 6.07) is -0.631. The topological polar surface area (TPSA) is 95.9 Å². The number of aliphatic hydroxyl groups excluding tert-OH is 2. The predicted molar refractivity (Wildman–Crippen MR) is 227 cm³/mol. The Labute approximate surface area is 329 Å². The van der Waals surface area contributed by atoms with E-state index < -0.39 is 12.1 Å². The average Bonchev–Trinajstić information content (AvgIpc) is 3.16. The maximum absolute atomic E-state index is 12.3. The lowest BCUT2D eigenvalue weighted by molar-refractivity contribution is -0.143. The lowest BCUT2D eigenvalue weighted by Gasteiger charge is -2.20. The van der Waals surface area contributed by atoms with Gasteiger partial charge in [-0.25, -0.2) is 0 Å². The van der Waals surface area contributed by atoms with Crippen LogP contribution in [0.4, 0.5) is 0 Å². The molecule has 0 saturated carbocycles. The Morgan fingerprint density at radius 2 is 0.887 bits per heavy atom. The quantitative estimate of drug-likeness (QED) is 0.0328. The number of ether oxygens (including phenoxy) is 1. The Kier molecular flexibility index (Phi) is 41.7. The number of rotatable bonds is 42. The fourth-order valence-corrected chi connectivity index (χ4v) is 6.86. The van der Waals surface area contributed by atoms with Gasteiger partial charge in [-0.1, -0.05) is 192 Å². The molecule has 0 spiro atoms. The molecule has 6 nitrogen and oxygen atoms in total. The van der Waals surface area contributed by atoms with Crippen LogP contribution in [0.3, 0.4) is 0 Å². The molecule has 0 aliphatic rings. The van der Waals surface area contributed by atoms with Crippen LogP contribution in [0.5, 0.6) is 0 Å². The molecule has 0 saturated heterocycles. The summed E-state index contributed by atoms with van der Waals surface area (Å²) in [6.45, 7) is 4.82. The second kappa shape index (κ2) is 43.1. The zero-order chi connectivity index (χ0) is 38.7. The molecule has 0 heterocycles. The van der Waals surface area contributed by atoms with Crippen molar-refractivity contribution in [3.63, 3.8) is 0 Å². The maximum atomic E-state index is 12.3. The molecule has 312 valence electrons. The van der Waals surface area contributed by atoms with Crippen molar-refractivity contribution in [1.29, 1.82) is 0 Å². The van der Waals surface area contributed by atoms with Crippen LogP contribution >= 0.6 is 0 Å². The molecule has 0 aliphatic heterocycles. The van der Waals surface area contributed by atoms with Crippen LogP contribution in [0.1, 0.15) is 239 Å². The van der Waals surface area contributed by atoms with E-state index in [4.69, 9.17) is 4.74 Å². The molecule has 3 N–H and O–H groups in total. The molecule has 1 amide bonds. The van der Waals surface area contributed by atoms with E-state index >= 15 is 0 Å². The summed E-state index contributed by atoms with van der Waals surface area (Å²) in [5.74, 6) is -0.0920. The molecule has 0 rings (SSSR count). The van der Waals surface area contributed by atoms with Gasteiger partial charge in [0, 0.05) is 12.8 Å². The number of hydrogen-bond acceptors (Lipinski definition) is 5. The third kappa shape index (κ3) is 39.8. The van der Waals surface area contributed by atoms with Crippen molar-refractivity contribution in [3.8, 4) is 0 Å². The van der Waals surface area contributed by atoms with Crippen LogP contribution in [-0.4, -0.2) is 47.4 Å². The van der Waals surface area contributed by atoms with Crippen LogP contribution in [0.15, 0.2) is 24.3 Å². The second-order valence-corrected chi connectivity index (χ2v) is 15.7. The normalized spacial score (nSPS) is 12.9. The average molecular weight is 748 g/mol. The standard InChI is InChI=1S/C47H89NO5/c1-3-5-7-9-11-13-14-21-25-29-33-37-41-47(52)53-42-38-34-30-26-22-19-17-15-16-18-20-24-28-32-36-40-46(51)48-44(43-49)45(50)39-35-31-27-23-12-10-8-6-4-2/h11,13,35,39,44-45,49-50H,3-10,12,14-34,36-38,40-43H2,1-2H3,(H,48,51)/b13-11-,39-35+. The summed E-state index contributed by atoms with van der Waals surface area (Å²) >= 11 is 0. The second-order valence-electron chi connectivity index (χ2n) is 15.7. The van der Waals surface area contributed by atoms with E-state index in [9.17, 15) is 19.8 Å². The van der Waals surface area contributed by atoms with Crippen molar-refractivity contribution in [2.24, 2.45) is 0 Å². The Morgan fingerprint density at radius 3 is 1.38 bits per heavy atom. The number of allylic oxidation sites excluding steroid dienone is 3. The van der Waals surface area contributed by atoms with Gasteiger partial charge in [0.15, 0.2) is 0 Å². The van der Waals surface area contributed by atoms with E-state index in [0.29, 0.717) is 19.4 Å². The fourth-order valence-electron chi connectivity index (χ4n) is 6.86. The Bertz CT molecular complexity index is 828. The SMILES string of the molecule is CCCCC/C=C\CCCCCCCC(=O)OCCCCCCCCCCCCCCCCCC(=O)NC(CO)C(O)/C=C/CCCCCCCCC. The smallest absolute Gasteiger partial charge is 0.305 e. The van der Waals surface area contributed by atoms with Crippen LogP contribution in [0.25, 0.3) is 0 Å². The highest BCUT2D eigenvalue weighted by atomic mass is 16.5. The number of esters is 1. The molecule has 0 radical (unpaired) electrons. The minimum absolute atomic E-state index is 0.0116. The maximum Gasteiger partial charge on any atom is 0.305 e. The lowest BCUT2D eigenvalue weighted by Crippen LogP contribution is -2.45. The number of nitrogens with one attached hydrogen (secondary N) is 1. The number of unbranched alkanes of at least 4 members (excludes halogenated alkanes) is 29. The molecule has 0 fully saturated rings. The molecule has 0 bridgehead atoms. The molecular weight excluding hydrogens is 659 g/mol. The fraction of sp³-hybridized carbons (Fsp3) is 0.872. The highest BCUT2D eigenvalue weighted by Gasteiger charge is 2.18. The minimum Gasteiger partial charge on any atom is -0.466 e. The van der Waals surface area contributed by atoms with Crippen molar-refractivity contribution >= 4 is 11.9 Å². The summed E-state index contributed by atoms with van der Waals surface area (Å²) in [7, 11) is 0. The van der Waals surface area contributed by atoms with E-state index in [-0.39, 0.29) is 18.5 Å². The van der Waals surface area contributed by atoms with Crippen molar-refractivity contribution < 1.29 is 24.5 Å². The Balaban J connectivity index is 3.45. The molecule has 2 unspecified atom stereocenters. The van der Waals surface area contributed by atoms with Gasteiger partial charge in [0.05, 0.1) is 25.4 Å². The number of amides is 1. The summed E-state index contributed by atoms with van der Waals surface area (Å²) in [6.07, 6.45) is 48.8. The Morgan fingerprint density at radius 1 is 0.509 bits per heavy atom. The molecule has 6 heteroatoms. The monoisotopic (exact) mass is 748 g/mol. The number of carbonyl (C=O) groups is 2. The summed E-state index contributed by atoms with van der Waals surface area (Å²) < 4.78 is 5.44. The largest absolute Gasteiger partial charge is 0.466 e. The first-order valence-electron chi connectivity index (χ1n) is 23.1. The minimum atomic E-state index is -0.847. The van der Waals surface area contributed by atoms with Crippen LogP contribution < -0.4 is 5.32 Å². The highest BCUT2D eigenvalue weighted by molar-refractivity contribution is 5.76. The van der Waals surface area contributed by atoms with Gasteiger partial charge in [-0.2, -0.15) is 0 Å². The van der Waals surface area contributed by atoms with E-state index in [2.05, 4.69) is 31.3 Å². The predicted octanol–water partition coefficient (Wildman–Crippen LogP) is 13.2. The van der Waals surface area contributed by atoms with Gasteiger partial charge in [-0.15, -0.1) is 0 Å². The zero-order valence-corrected chi connectivity index (χ0v) is 35.2. The van der Waals surface area contributed by atoms with Gasteiger partial charge in [0.2, 0.25) is 5.91 Å². The van der Waals surface area contributed by atoms with Gasteiger partial charge in [0.25, 0.3) is 0 Å². The third-order valence-electron chi connectivity index (χ3n) is 10.5. The first kappa shape index (κ1) is 51.3. The van der Waals surface area contributed by atoms with E-state index in [0.717, 1.165) is 57.8 Å². The molecule has 53 heavy (non-hydrogen) atoms. The molecule has 0 aromatic heterocycles. The van der Waals surface area contributed by atoms with Crippen molar-refractivity contribution in [3.05, 3.63) is 24.3 Å². The molecule has 0 aliphatic carbocycles. The van der Waals surface area contributed by atoms with Gasteiger partial charge in [-0.3, -0.25) is 9.59 Å². The first-order chi connectivity index (χ1) is 26.0. The van der Waals surface area contributed by atoms with Crippen LogP contribution in [-0.2, 0) is 14.3 Å². The highest BCUT2D eigenvalue weighted by Crippen LogP contribution is 2.15. The lowest BCUT2D eigenvalue weighted by atomic mass is 10.0. The number of aliphatic hydroxyl groups is 2. The van der Waals surface area contributed by atoms with E-state index in [1.165, 1.54) is 154 Å². The summed E-state index contributed by atoms with van der Waals surface area (Å²) in [5, 5.41) is 22.9. The van der Waals surface area contributed by atoms with Crippen LogP contribution in [0, 0.1) is 0 Å². The Hall–Kier alpha value is -1.66. The molecule has 2 atom stereocenters. The molecule has 0 aromatic rings. The van der Waals surface area contributed by atoms with Gasteiger partial charge in [0.1, 0.15) is 0 Å². The van der Waals surface area contributed by atoms with Gasteiger partial charge < -0.3 is 20.3 Å². The molecule has 0 aromatic carbocycles. The number of carbonyl (C=O) groups excluding carboxylic acids is 2.